The predicted molar refractivity (Wildman–Crippen MR) is 63.1 cm³/mol. The van der Waals surface area contributed by atoms with Crippen molar-refractivity contribution in [3.8, 4) is 11.4 Å². The van der Waals surface area contributed by atoms with Crippen molar-refractivity contribution in [2.24, 2.45) is 5.73 Å². The maximum Gasteiger partial charge on any atom is 0.255 e. The van der Waals surface area contributed by atoms with Gasteiger partial charge in [-0.3, -0.25) is 0 Å². The second-order valence-corrected chi connectivity index (χ2v) is 4.07. The van der Waals surface area contributed by atoms with Crippen molar-refractivity contribution in [3.63, 3.8) is 0 Å². The normalized spacial score (nSPS) is 12.7. The summed E-state index contributed by atoms with van der Waals surface area (Å²) in [5.41, 5.74) is 6.60. The van der Waals surface area contributed by atoms with Crippen molar-refractivity contribution >= 4 is 0 Å². The average molecular weight is 251 g/mol. The molecule has 2 rings (SSSR count). The number of aryl methyl sites for hydroxylation is 1. The van der Waals surface area contributed by atoms with E-state index in [-0.39, 0.29) is 17.5 Å². The van der Waals surface area contributed by atoms with Gasteiger partial charge in [-0.2, -0.15) is 4.98 Å². The van der Waals surface area contributed by atoms with Gasteiger partial charge in [0.25, 0.3) is 5.89 Å². The summed E-state index contributed by atoms with van der Waals surface area (Å²) in [6.45, 7) is 2.09. The van der Waals surface area contributed by atoms with Gasteiger partial charge in [-0.25, -0.2) is 4.39 Å². The summed E-state index contributed by atoms with van der Waals surface area (Å²) in [5, 5.41) is 13.4. The van der Waals surface area contributed by atoms with E-state index in [9.17, 15) is 9.50 Å². The molecule has 0 amide bonds. The molecule has 1 heterocycles. The predicted octanol–water partition coefficient (Wildman–Crippen LogP) is 1.57. The Morgan fingerprint density at radius 1 is 1.44 bits per heavy atom. The average Bonchev–Trinajstić information content (AvgIpc) is 2.77. The molecule has 18 heavy (non-hydrogen) atoms. The molecule has 0 radical (unpaired) electrons. The molecule has 0 aliphatic rings. The van der Waals surface area contributed by atoms with E-state index < -0.39 is 6.10 Å². The van der Waals surface area contributed by atoms with Gasteiger partial charge in [0.1, 0.15) is 11.9 Å². The van der Waals surface area contributed by atoms with Crippen molar-refractivity contribution in [3.05, 3.63) is 35.5 Å². The Labute approximate surface area is 103 Å². The third kappa shape index (κ3) is 2.72. The second-order valence-electron chi connectivity index (χ2n) is 4.07. The zero-order chi connectivity index (χ0) is 13.1. The molecule has 6 heteroatoms. The summed E-state index contributed by atoms with van der Waals surface area (Å²) >= 11 is 0. The number of nitrogens with two attached hydrogens (primary N) is 1. The number of halogens is 1. The SMILES string of the molecule is Cc1cc(F)cc(-c2noc([C@@H](O)CCN)n2)c1. The van der Waals surface area contributed by atoms with Gasteiger partial charge in [-0.05, 0) is 43.7 Å². The highest BCUT2D eigenvalue weighted by Crippen LogP contribution is 2.21. The van der Waals surface area contributed by atoms with Crippen molar-refractivity contribution in [1.82, 2.24) is 10.1 Å². The number of hydrogen-bond donors (Lipinski definition) is 2. The molecule has 0 fully saturated rings. The summed E-state index contributed by atoms with van der Waals surface area (Å²) in [6, 6.07) is 4.47. The molecular weight excluding hydrogens is 237 g/mol. The summed E-state index contributed by atoms with van der Waals surface area (Å²) in [7, 11) is 0. The minimum atomic E-state index is -0.883. The molecular formula is C12H14FN3O2. The van der Waals surface area contributed by atoms with E-state index in [2.05, 4.69) is 10.1 Å². The smallest absolute Gasteiger partial charge is 0.255 e. The third-order valence-corrected chi connectivity index (χ3v) is 2.47. The number of aliphatic hydroxyl groups excluding tert-OH is 1. The first-order valence-corrected chi connectivity index (χ1v) is 5.59. The van der Waals surface area contributed by atoms with Crippen LogP contribution in [0, 0.1) is 12.7 Å². The van der Waals surface area contributed by atoms with Crippen LogP contribution in [0.5, 0.6) is 0 Å². The number of benzene rings is 1. The van der Waals surface area contributed by atoms with Crippen LogP contribution in [0.4, 0.5) is 4.39 Å². The molecule has 3 N–H and O–H groups in total. The van der Waals surface area contributed by atoms with Gasteiger partial charge >= 0.3 is 0 Å². The van der Waals surface area contributed by atoms with E-state index in [4.69, 9.17) is 10.3 Å². The van der Waals surface area contributed by atoms with E-state index in [0.29, 0.717) is 18.5 Å². The molecule has 0 bridgehead atoms. The lowest BCUT2D eigenvalue weighted by molar-refractivity contribution is 0.127. The van der Waals surface area contributed by atoms with Crippen LogP contribution in [0.3, 0.4) is 0 Å². The first kappa shape index (κ1) is 12.7. The fourth-order valence-corrected chi connectivity index (χ4v) is 1.63. The maximum atomic E-state index is 13.2. The molecule has 0 aliphatic heterocycles. The van der Waals surface area contributed by atoms with Crippen molar-refractivity contribution in [1.29, 1.82) is 0 Å². The van der Waals surface area contributed by atoms with Gasteiger partial charge < -0.3 is 15.4 Å². The van der Waals surface area contributed by atoms with E-state index in [1.54, 1.807) is 13.0 Å². The summed E-state index contributed by atoms with van der Waals surface area (Å²) in [5.74, 6) is -0.0140. The zero-order valence-electron chi connectivity index (χ0n) is 9.93. The Kier molecular flexibility index (Phi) is 3.69. The fraction of sp³-hybridized carbons (Fsp3) is 0.333. The van der Waals surface area contributed by atoms with Crippen LogP contribution in [0.15, 0.2) is 22.7 Å². The van der Waals surface area contributed by atoms with Crippen LogP contribution < -0.4 is 5.73 Å². The van der Waals surface area contributed by atoms with Crippen LogP contribution >= 0.6 is 0 Å². The molecule has 0 saturated heterocycles. The lowest BCUT2D eigenvalue weighted by atomic mass is 10.1. The van der Waals surface area contributed by atoms with E-state index >= 15 is 0 Å². The molecule has 0 saturated carbocycles. The summed E-state index contributed by atoms with van der Waals surface area (Å²) in [4.78, 5) is 4.03. The molecule has 0 aliphatic carbocycles. The minimum absolute atomic E-state index is 0.0948. The first-order valence-electron chi connectivity index (χ1n) is 5.59. The largest absolute Gasteiger partial charge is 0.383 e. The molecule has 5 nitrogen and oxygen atoms in total. The van der Waals surface area contributed by atoms with Gasteiger partial charge in [-0.15, -0.1) is 0 Å². The lowest BCUT2D eigenvalue weighted by Gasteiger charge is -2.01. The van der Waals surface area contributed by atoms with E-state index in [1.165, 1.54) is 12.1 Å². The second kappa shape index (κ2) is 5.24. The zero-order valence-corrected chi connectivity index (χ0v) is 9.93. The van der Waals surface area contributed by atoms with Gasteiger partial charge in [0, 0.05) is 5.56 Å². The van der Waals surface area contributed by atoms with Crippen LogP contribution in [0.2, 0.25) is 0 Å². The van der Waals surface area contributed by atoms with Gasteiger partial charge in [0.2, 0.25) is 5.82 Å². The monoisotopic (exact) mass is 251 g/mol. The van der Waals surface area contributed by atoms with E-state index in [0.717, 1.165) is 5.56 Å². The highest BCUT2D eigenvalue weighted by Gasteiger charge is 2.16. The molecule has 0 unspecified atom stereocenters. The summed E-state index contributed by atoms with van der Waals surface area (Å²) in [6.07, 6.45) is -0.546. The number of rotatable bonds is 4. The minimum Gasteiger partial charge on any atom is -0.383 e. The molecule has 0 spiro atoms. The number of aromatic nitrogens is 2. The fourth-order valence-electron chi connectivity index (χ4n) is 1.63. The Hall–Kier alpha value is -1.79. The molecule has 2 aromatic rings. The van der Waals surface area contributed by atoms with Gasteiger partial charge in [-0.1, -0.05) is 5.16 Å². The van der Waals surface area contributed by atoms with Crippen LogP contribution in [0.1, 0.15) is 24.0 Å². The topological polar surface area (TPSA) is 85.2 Å². The number of aliphatic hydroxyl groups is 1. The first-order chi connectivity index (χ1) is 8.60. The van der Waals surface area contributed by atoms with Crippen LogP contribution in [-0.4, -0.2) is 21.8 Å². The maximum absolute atomic E-state index is 13.2. The quantitative estimate of drug-likeness (QED) is 0.861. The molecule has 1 atom stereocenters. The number of hydrogen-bond acceptors (Lipinski definition) is 5. The Balaban J connectivity index is 2.29. The molecule has 1 aromatic heterocycles. The Morgan fingerprint density at radius 2 is 2.22 bits per heavy atom. The number of nitrogens with zero attached hydrogens (tertiary/aromatic N) is 2. The summed E-state index contributed by atoms with van der Waals surface area (Å²) < 4.78 is 18.2. The van der Waals surface area contributed by atoms with Gasteiger partial charge in [0.15, 0.2) is 0 Å². The molecule has 1 aromatic carbocycles. The van der Waals surface area contributed by atoms with Crippen molar-refractivity contribution in [2.75, 3.05) is 6.54 Å². The van der Waals surface area contributed by atoms with Crippen LogP contribution in [0.25, 0.3) is 11.4 Å². The third-order valence-electron chi connectivity index (χ3n) is 2.47. The lowest BCUT2D eigenvalue weighted by Crippen LogP contribution is -2.06. The van der Waals surface area contributed by atoms with E-state index in [1.807, 2.05) is 0 Å². The highest BCUT2D eigenvalue weighted by atomic mass is 19.1. The van der Waals surface area contributed by atoms with Crippen LogP contribution in [-0.2, 0) is 0 Å². The van der Waals surface area contributed by atoms with Crippen molar-refractivity contribution in [2.45, 2.75) is 19.4 Å². The van der Waals surface area contributed by atoms with Gasteiger partial charge in [0.05, 0.1) is 0 Å². The Bertz CT molecular complexity index is 522. The standard InChI is InChI=1S/C12H14FN3O2/c1-7-4-8(6-9(13)5-7)11-15-12(18-16-11)10(17)2-3-14/h4-6,10,17H,2-3,14H2,1H3/t10-/m0/s1. The molecule has 96 valence electrons. The Morgan fingerprint density at radius 3 is 2.89 bits per heavy atom. The van der Waals surface area contributed by atoms with Crippen molar-refractivity contribution < 1.29 is 14.0 Å². The highest BCUT2D eigenvalue weighted by molar-refractivity contribution is 5.55.